The van der Waals surface area contributed by atoms with Crippen LogP contribution in [0.1, 0.15) is 30.6 Å². The fourth-order valence-electron chi connectivity index (χ4n) is 2.50. The van der Waals surface area contributed by atoms with Crippen LogP contribution in [0.5, 0.6) is 0 Å². The molecular weight excluding hydrogens is 317 g/mol. The Morgan fingerprint density at radius 2 is 2.00 bits per heavy atom. The summed E-state index contributed by atoms with van der Waals surface area (Å²) < 4.78 is 36.5. The van der Waals surface area contributed by atoms with Crippen LogP contribution in [0.2, 0.25) is 0 Å². The third-order valence-corrected chi connectivity index (χ3v) is 5.44. The minimum atomic E-state index is -4.10. The van der Waals surface area contributed by atoms with E-state index in [-0.39, 0.29) is 10.5 Å². The number of rotatable bonds is 2. The van der Waals surface area contributed by atoms with E-state index in [0.29, 0.717) is 24.9 Å². The molecule has 2 rings (SSSR count). The van der Waals surface area contributed by atoms with Crippen molar-refractivity contribution in [2.75, 3.05) is 13.1 Å². The van der Waals surface area contributed by atoms with Crippen molar-refractivity contribution in [3.05, 3.63) is 29.6 Å². The Hall–Kier alpha value is -1.14. The van der Waals surface area contributed by atoms with Crippen LogP contribution in [0, 0.1) is 17.7 Å². The SMILES string of the molecule is CC1CCN(C(=O)c2cc(F)ccc2S(=O)(=O)Cl)CC1C. The molecule has 0 radical (unpaired) electrons. The molecule has 4 nitrogen and oxygen atoms in total. The normalized spacial score (nSPS) is 23.1. The van der Waals surface area contributed by atoms with E-state index in [1.807, 2.05) is 6.92 Å². The smallest absolute Gasteiger partial charge is 0.262 e. The van der Waals surface area contributed by atoms with Gasteiger partial charge in [-0.1, -0.05) is 13.8 Å². The summed E-state index contributed by atoms with van der Waals surface area (Å²) in [5, 5.41) is 0. The van der Waals surface area contributed by atoms with Crippen LogP contribution in [0.25, 0.3) is 0 Å². The second kappa shape index (κ2) is 5.93. The molecule has 2 atom stereocenters. The van der Waals surface area contributed by atoms with Crippen LogP contribution in [-0.2, 0) is 9.05 Å². The second-order valence-corrected chi connectivity index (χ2v) is 8.11. The summed E-state index contributed by atoms with van der Waals surface area (Å²) in [6.45, 7) is 5.21. The average Bonchev–Trinajstić information content (AvgIpc) is 2.39. The number of carbonyl (C=O) groups is 1. The van der Waals surface area contributed by atoms with Crippen molar-refractivity contribution >= 4 is 25.6 Å². The Kier molecular flexibility index (Phi) is 4.58. The van der Waals surface area contributed by atoms with Crippen LogP contribution in [-0.4, -0.2) is 32.3 Å². The molecule has 7 heteroatoms. The molecule has 0 aromatic heterocycles. The molecule has 21 heavy (non-hydrogen) atoms. The number of nitrogens with zero attached hydrogens (tertiary/aromatic N) is 1. The minimum Gasteiger partial charge on any atom is -0.338 e. The zero-order chi connectivity index (χ0) is 15.8. The second-order valence-electron chi connectivity index (χ2n) is 5.57. The first-order chi connectivity index (χ1) is 9.70. The lowest BCUT2D eigenvalue weighted by Gasteiger charge is -2.35. The predicted octanol–water partition coefficient (Wildman–Crippen LogP) is 2.87. The van der Waals surface area contributed by atoms with E-state index in [1.165, 1.54) is 0 Å². The largest absolute Gasteiger partial charge is 0.338 e. The monoisotopic (exact) mass is 333 g/mol. The van der Waals surface area contributed by atoms with E-state index >= 15 is 0 Å². The standard InChI is InChI=1S/C14H17ClFNO3S/c1-9-5-6-17(8-10(9)2)14(18)12-7-11(16)3-4-13(12)21(15,19)20/h3-4,7,9-10H,5-6,8H2,1-2H3. The van der Waals surface area contributed by atoms with Gasteiger partial charge in [0.25, 0.3) is 15.0 Å². The van der Waals surface area contributed by atoms with Crippen LogP contribution in [0.3, 0.4) is 0 Å². The molecule has 1 heterocycles. The molecule has 1 amide bonds. The van der Waals surface area contributed by atoms with Gasteiger partial charge in [-0.3, -0.25) is 4.79 Å². The maximum Gasteiger partial charge on any atom is 0.262 e. The van der Waals surface area contributed by atoms with Gasteiger partial charge in [0.05, 0.1) is 10.5 Å². The highest BCUT2D eigenvalue weighted by Gasteiger charge is 2.30. The van der Waals surface area contributed by atoms with E-state index in [4.69, 9.17) is 10.7 Å². The summed E-state index contributed by atoms with van der Waals surface area (Å²) in [5.74, 6) is -0.349. The van der Waals surface area contributed by atoms with E-state index < -0.39 is 20.8 Å². The molecule has 1 fully saturated rings. The van der Waals surface area contributed by atoms with Crippen molar-refractivity contribution in [2.45, 2.75) is 25.2 Å². The Bertz CT molecular complexity index is 662. The van der Waals surface area contributed by atoms with E-state index in [0.717, 1.165) is 24.6 Å². The maximum absolute atomic E-state index is 13.4. The van der Waals surface area contributed by atoms with Gasteiger partial charge in [0.1, 0.15) is 5.82 Å². The molecule has 1 aromatic carbocycles. The van der Waals surface area contributed by atoms with Crippen LogP contribution in [0.15, 0.2) is 23.1 Å². The van der Waals surface area contributed by atoms with Crippen LogP contribution >= 0.6 is 10.7 Å². The molecule has 1 aliphatic heterocycles. The van der Waals surface area contributed by atoms with Gasteiger partial charge in [-0.2, -0.15) is 0 Å². The van der Waals surface area contributed by atoms with E-state index in [2.05, 4.69) is 6.92 Å². The van der Waals surface area contributed by atoms with Crippen molar-refractivity contribution in [3.63, 3.8) is 0 Å². The molecule has 1 saturated heterocycles. The van der Waals surface area contributed by atoms with Gasteiger partial charge in [-0.25, -0.2) is 12.8 Å². The fraction of sp³-hybridized carbons (Fsp3) is 0.500. The Labute approximate surface area is 128 Å². The molecule has 0 aliphatic carbocycles. The lowest BCUT2D eigenvalue weighted by molar-refractivity contribution is 0.0623. The summed E-state index contributed by atoms with van der Waals surface area (Å²) in [4.78, 5) is 13.7. The average molecular weight is 334 g/mol. The highest BCUT2D eigenvalue weighted by molar-refractivity contribution is 8.13. The predicted molar refractivity (Wildman–Crippen MR) is 78.3 cm³/mol. The van der Waals surface area contributed by atoms with Gasteiger partial charge in [0.15, 0.2) is 0 Å². The summed E-state index contributed by atoms with van der Waals surface area (Å²) in [6.07, 6.45) is 0.838. The lowest BCUT2D eigenvalue weighted by atomic mass is 9.88. The molecule has 0 saturated carbocycles. The van der Waals surface area contributed by atoms with Gasteiger partial charge in [0.2, 0.25) is 0 Å². The van der Waals surface area contributed by atoms with Crippen LogP contribution < -0.4 is 0 Å². The van der Waals surface area contributed by atoms with Crippen molar-refractivity contribution in [1.82, 2.24) is 4.90 Å². The van der Waals surface area contributed by atoms with Gasteiger partial charge in [0, 0.05) is 23.8 Å². The van der Waals surface area contributed by atoms with Crippen molar-refractivity contribution in [2.24, 2.45) is 11.8 Å². The third-order valence-electron chi connectivity index (χ3n) is 4.06. The zero-order valence-electron chi connectivity index (χ0n) is 11.8. The number of hydrogen-bond acceptors (Lipinski definition) is 3. The number of likely N-dealkylation sites (tertiary alicyclic amines) is 1. The van der Waals surface area contributed by atoms with Crippen molar-refractivity contribution in [3.8, 4) is 0 Å². The van der Waals surface area contributed by atoms with Crippen LogP contribution in [0.4, 0.5) is 4.39 Å². The Morgan fingerprint density at radius 1 is 1.33 bits per heavy atom. The maximum atomic E-state index is 13.4. The summed E-state index contributed by atoms with van der Waals surface area (Å²) >= 11 is 0. The Morgan fingerprint density at radius 3 is 2.57 bits per heavy atom. The topological polar surface area (TPSA) is 54.5 Å². The zero-order valence-corrected chi connectivity index (χ0v) is 13.4. The molecule has 0 spiro atoms. The third kappa shape index (κ3) is 3.55. The highest BCUT2D eigenvalue weighted by Crippen LogP contribution is 2.27. The molecular formula is C14H17ClFNO3S. The van der Waals surface area contributed by atoms with Gasteiger partial charge in [-0.15, -0.1) is 0 Å². The highest BCUT2D eigenvalue weighted by atomic mass is 35.7. The minimum absolute atomic E-state index is 0.202. The van der Waals surface area contributed by atoms with E-state index in [1.54, 1.807) is 4.90 Å². The van der Waals surface area contributed by atoms with Crippen molar-refractivity contribution in [1.29, 1.82) is 0 Å². The molecule has 116 valence electrons. The summed E-state index contributed by atoms with van der Waals surface area (Å²) in [5.41, 5.74) is -0.202. The summed E-state index contributed by atoms with van der Waals surface area (Å²) in [7, 11) is 1.23. The number of benzene rings is 1. The number of amides is 1. The first-order valence-electron chi connectivity index (χ1n) is 6.73. The van der Waals surface area contributed by atoms with Gasteiger partial charge in [-0.05, 0) is 36.5 Å². The molecule has 1 aromatic rings. The molecule has 0 N–H and O–H groups in total. The molecule has 1 aliphatic rings. The van der Waals surface area contributed by atoms with Gasteiger partial charge < -0.3 is 4.90 Å². The van der Waals surface area contributed by atoms with Gasteiger partial charge >= 0.3 is 0 Å². The molecule has 2 unspecified atom stereocenters. The van der Waals surface area contributed by atoms with Crippen molar-refractivity contribution < 1.29 is 17.6 Å². The lowest BCUT2D eigenvalue weighted by Crippen LogP contribution is -2.42. The first kappa shape index (κ1) is 16.2. The number of carbonyl (C=O) groups excluding carboxylic acids is 1. The number of halogens is 2. The first-order valence-corrected chi connectivity index (χ1v) is 9.04. The quantitative estimate of drug-likeness (QED) is 0.782. The number of hydrogen-bond donors (Lipinski definition) is 0. The fourth-order valence-corrected chi connectivity index (χ4v) is 3.54. The summed E-state index contributed by atoms with van der Waals surface area (Å²) in [6, 6.07) is 2.94. The van der Waals surface area contributed by atoms with E-state index in [9.17, 15) is 17.6 Å². The molecule has 0 bridgehead atoms. The Balaban J connectivity index is 2.37. The number of piperidine rings is 1.